The summed E-state index contributed by atoms with van der Waals surface area (Å²) in [7, 11) is 0. The molecule has 2 aromatic carbocycles. The van der Waals surface area contributed by atoms with Crippen molar-refractivity contribution in [2.45, 2.75) is 26.2 Å². The number of aliphatic carboxylic acids is 2. The van der Waals surface area contributed by atoms with Gasteiger partial charge >= 0.3 is 5.97 Å². The first kappa shape index (κ1) is 25.8. The van der Waals surface area contributed by atoms with E-state index < -0.39 is 11.9 Å². The van der Waals surface area contributed by atoms with Crippen molar-refractivity contribution >= 4 is 41.0 Å². The van der Waals surface area contributed by atoms with Gasteiger partial charge in [0.05, 0.1) is 5.69 Å². The van der Waals surface area contributed by atoms with E-state index in [0.29, 0.717) is 47.6 Å². The lowest BCUT2D eigenvalue weighted by atomic mass is 10.1. The Morgan fingerprint density at radius 2 is 1.71 bits per heavy atom. The Morgan fingerprint density at radius 3 is 2.29 bits per heavy atom. The second-order valence-corrected chi connectivity index (χ2v) is 7.33. The van der Waals surface area contributed by atoms with Crippen molar-refractivity contribution in [2.24, 2.45) is 5.73 Å². The maximum atomic E-state index is 12.5. The van der Waals surface area contributed by atoms with Crippen LogP contribution in [0.4, 0.5) is 11.4 Å². The molecule has 34 heavy (non-hydrogen) atoms. The molecule has 1 heterocycles. The molecule has 11 heteroatoms. The second-order valence-electron chi connectivity index (χ2n) is 7.33. The van der Waals surface area contributed by atoms with Gasteiger partial charge in [-0.1, -0.05) is 12.1 Å². The quantitative estimate of drug-likeness (QED) is 0.221. The number of carbonyl (C=O) groups excluding carboxylic acids is 2. The van der Waals surface area contributed by atoms with Crippen molar-refractivity contribution in [3.8, 4) is 5.75 Å². The smallest absolute Gasteiger partial charge is 0.303 e. The van der Waals surface area contributed by atoms with Crippen LogP contribution < -0.4 is 20.7 Å². The summed E-state index contributed by atoms with van der Waals surface area (Å²) in [5.74, 6) is -1.82. The first-order valence-corrected chi connectivity index (χ1v) is 10.3. The fourth-order valence-electron chi connectivity index (χ4n) is 3.08. The van der Waals surface area contributed by atoms with Crippen LogP contribution in [0.25, 0.3) is 0 Å². The highest BCUT2D eigenvalue weighted by atomic mass is 16.5. The number of hydrogen-bond acceptors (Lipinski definition) is 6. The number of nitrogens with one attached hydrogen (secondary N) is 2. The molecule has 2 amide bonds. The van der Waals surface area contributed by atoms with Crippen molar-refractivity contribution in [3.63, 3.8) is 0 Å². The van der Waals surface area contributed by atoms with E-state index in [2.05, 4.69) is 5.32 Å². The Balaban J connectivity index is 0.000000945. The summed E-state index contributed by atoms with van der Waals surface area (Å²) in [5.41, 5.74) is 7.45. The van der Waals surface area contributed by atoms with Gasteiger partial charge in [-0.25, -0.2) is 0 Å². The number of nitrogens with two attached hydrogens (primary N) is 1. The zero-order valence-corrected chi connectivity index (χ0v) is 18.5. The van der Waals surface area contributed by atoms with Gasteiger partial charge < -0.3 is 30.9 Å². The zero-order valence-electron chi connectivity index (χ0n) is 18.5. The zero-order chi connectivity index (χ0) is 25.3. The third-order valence-corrected chi connectivity index (χ3v) is 4.64. The number of rotatable bonds is 8. The molecule has 11 nitrogen and oxygen atoms in total. The lowest BCUT2D eigenvalue weighted by Gasteiger charge is -2.29. The van der Waals surface area contributed by atoms with Crippen molar-refractivity contribution in [3.05, 3.63) is 53.6 Å². The average molecular weight is 470 g/mol. The summed E-state index contributed by atoms with van der Waals surface area (Å²) in [6.45, 7) is 1.37. The molecule has 0 atom stereocenters. The molecule has 0 saturated carbocycles. The summed E-state index contributed by atoms with van der Waals surface area (Å²) in [6, 6.07) is 11.4. The predicted molar refractivity (Wildman–Crippen MR) is 124 cm³/mol. The summed E-state index contributed by atoms with van der Waals surface area (Å²) < 4.78 is 5.51. The van der Waals surface area contributed by atoms with Crippen LogP contribution in [0.5, 0.6) is 5.75 Å². The maximum absolute atomic E-state index is 12.5. The van der Waals surface area contributed by atoms with Gasteiger partial charge in [-0.2, -0.15) is 0 Å². The first-order chi connectivity index (χ1) is 16.1. The Bertz CT molecular complexity index is 1080. The van der Waals surface area contributed by atoms with Gasteiger partial charge in [-0.05, 0) is 37.1 Å². The lowest BCUT2D eigenvalue weighted by molar-refractivity contribution is -0.137. The number of carbonyl (C=O) groups is 4. The summed E-state index contributed by atoms with van der Waals surface area (Å²) in [5, 5.41) is 26.3. The number of nitrogen functional groups attached to an aromatic ring is 1. The van der Waals surface area contributed by atoms with Crippen LogP contribution in [0, 0.1) is 5.41 Å². The minimum atomic E-state index is -0.861. The van der Waals surface area contributed by atoms with E-state index >= 15 is 0 Å². The van der Waals surface area contributed by atoms with Crippen LogP contribution in [0.1, 0.15) is 42.1 Å². The summed E-state index contributed by atoms with van der Waals surface area (Å²) in [6.07, 6.45) is 1.10. The van der Waals surface area contributed by atoms with Crippen molar-refractivity contribution in [2.75, 3.05) is 23.4 Å². The molecule has 0 radical (unpaired) electrons. The number of benzene rings is 2. The molecule has 1 aliphatic rings. The van der Waals surface area contributed by atoms with E-state index in [-0.39, 0.29) is 30.7 Å². The van der Waals surface area contributed by atoms with Gasteiger partial charge in [0.2, 0.25) is 0 Å². The molecule has 6 N–H and O–H groups in total. The number of amides is 2. The average Bonchev–Trinajstić information content (AvgIpc) is 2.77. The van der Waals surface area contributed by atoms with Crippen LogP contribution >= 0.6 is 0 Å². The molecule has 1 aliphatic heterocycles. The Kier molecular flexibility index (Phi) is 9.12. The van der Waals surface area contributed by atoms with Gasteiger partial charge in [-0.3, -0.25) is 24.6 Å². The first-order valence-electron chi connectivity index (χ1n) is 10.3. The van der Waals surface area contributed by atoms with Gasteiger partial charge in [0.15, 0.2) is 6.61 Å². The summed E-state index contributed by atoms with van der Waals surface area (Å²) in [4.78, 5) is 45.9. The fraction of sp³-hybridized carbons (Fsp3) is 0.261. The molecule has 2 aromatic rings. The minimum absolute atomic E-state index is 0.0593. The molecular formula is C23H26N4O7. The summed E-state index contributed by atoms with van der Waals surface area (Å²) >= 11 is 0. The number of fused-ring (bicyclic) bond motifs is 1. The predicted octanol–water partition coefficient (Wildman–Crippen LogP) is 2.29. The number of nitrogens with zero attached hydrogens (tertiary/aromatic N) is 1. The van der Waals surface area contributed by atoms with Crippen LogP contribution in [-0.4, -0.2) is 53.0 Å². The van der Waals surface area contributed by atoms with Crippen LogP contribution in [0.2, 0.25) is 0 Å². The molecule has 0 saturated heterocycles. The molecule has 0 aromatic heterocycles. The van der Waals surface area contributed by atoms with E-state index in [9.17, 15) is 14.4 Å². The van der Waals surface area contributed by atoms with Crippen molar-refractivity contribution < 1.29 is 34.1 Å². The number of carboxylic acid groups (broad SMARTS) is 2. The van der Waals surface area contributed by atoms with Gasteiger partial charge in [0, 0.05) is 42.8 Å². The molecule has 0 bridgehead atoms. The largest absolute Gasteiger partial charge is 0.481 e. The fourth-order valence-corrected chi connectivity index (χ4v) is 3.08. The molecule has 0 aliphatic carbocycles. The van der Waals surface area contributed by atoms with Crippen molar-refractivity contribution in [1.29, 1.82) is 5.41 Å². The minimum Gasteiger partial charge on any atom is -0.481 e. The molecular weight excluding hydrogens is 444 g/mol. The number of amidine groups is 1. The molecule has 180 valence electrons. The highest BCUT2D eigenvalue weighted by Gasteiger charge is 2.25. The van der Waals surface area contributed by atoms with Gasteiger partial charge in [0.1, 0.15) is 11.6 Å². The topological polar surface area (TPSA) is 183 Å². The van der Waals surface area contributed by atoms with E-state index in [1.807, 2.05) is 0 Å². The number of unbranched alkanes of at least 4 members (excludes halogenated alkanes) is 1. The van der Waals surface area contributed by atoms with Gasteiger partial charge in [-0.15, -0.1) is 0 Å². The van der Waals surface area contributed by atoms with E-state index in [1.54, 1.807) is 47.4 Å². The molecule has 0 spiro atoms. The molecule has 0 fully saturated rings. The lowest BCUT2D eigenvalue weighted by Crippen LogP contribution is -2.39. The van der Waals surface area contributed by atoms with E-state index in [1.165, 1.54) is 0 Å². The number of anilines is 2. The highest BCUT2D eigenvalue weighted by Crippen LogP contribution is 2.35. The number of carboxylic acids is 2. The van der Waals surface area contributed by atoms with Gasteiger partial charge in [0.25, 0.3) is 17.8 Å². The van der Waals surface area contributed by atoms with Crippen LogP contribution in [0.15, 0.2) is 42.5 Å². The second kappa shape index (κ2) is 12.0. The van der Waals surface area contributed by atoms with Crippen LogP contribution in [0.3, 0.4) is 0 Å². The molecule has 0 unspecified atom stereocenters. The Labute approximate surface area is 195 Å². The normalized spacial score (nSPS) is 11.9. The van der Waals surface area contributed by atoms with Crippen LogP contribution in [-0.2, 0) is 14.4 Å². The number of ether oxygens (including phenoxy) is 1. The SMILES string of the molecule is CC(=O)O.N=C(N)c1ccc(C(=O)Nc2ccc3c(c2)OCC(=O)N3CCCCC(=O)O)cc1. The van der Waals surface area contributed by atoms with E-state index in [4.69, 9.17) is 30.9 Å². The molecule has 3 rings (SSSR count). The highest BCUT2D eigenvalue weighted by molar-refractivity contribution is 6.06. The monoisotopic (exact) mass is 470 g/mol. The third-order valence-electron chi connectivity index (χ3n) is 4.64. The maximum Gasteiger partial charge on any atom is 0.303 e. The van der Waals surface area contributed by atoms with Crippen molar-refractivity contribution in [1.82, 2.24) is 0 Å². The Hall–Kier alpha value is -4.41. The third kappa shape index (κ3) is 7.62. The van der Waals surface area contributed by atoms with E-state index in [0.717, 1.165) is 6.92 Å². The standard InChI is InChI=1S/C21H22N4O5.C2H4O2/c22-20(23)13-4-6-14(7-5-13)21(29)24-15-8-9-16-17(11-15)30-12-18(26)25(16)10-2-1-3-19(27)28;1-2(3)4/h4-9,11H,1-3,10,12H2,(H3,22,23)(H,24,29)(H,27,28);1H3,(H,3,4). The number of hydrogen-bond donors (Lipinski definition) is 5. The Morgan fingerprint density at radius 1 is 1.09 bits per heavy atom.